The Balaban J connectivity index is 3.34. The maximum absolute atomic E-state index is 10.5. The number of ether oxygens (including phenoxy) is 1. The molecule has 10 heavy (non-hydrogen) atoms. The summed E-state index contributed by atoms with van der Waals surface area (Å²) in [7, 11) is 1.81. The number of carbonyl (C=O) groups excluding carboxylic acids is 1. The molecule has 0 heterocycles. The van der Waals surface area contributed by atoms with Crippen molar-refractivity contribution in [2.24, 2.45) is 0 Å². The first-order chi connectivity index (χ1) is 4.70. The van der Waals surface area contributed by atoms with Gasteiger partial charge in [-0.2, -0.15) is 0 Å². The summed E-state index contributed by atoms with van der Waals surface area (Å²) in [4.78, 5) is 10.5. The Morgan fingerprint density at radius 2 is 2.50 bits per heavy atom. The average Bonchev–Trinajstić information content (AvgIpc) is 1.99. The van der Waals surface area contributed by atoms with Crippen LogP contribution < -0.4 is 5.32 Å². The highest BCUT2D eigenvalue weighted by molar-refractivity contribution is 5.81. The van der Waals surface area contributed by atoms with E-state index in [0.717, 1.165) is 6.08 Å². The summed E-state index contributed by atoms with van der Waals surface area (Å²) < 4.78 is 4.72. The zero-order valence-corrected chi connectivity index (χ0v) is 6.39. The van der Waals surface area contributed by atoms with Crippen LogP contribution in [0.5, 0.6) is 0 Å². The van der Waals surface area contributed by atoms with Crippen LogP contribution in [-0.2, 0) is 9.53 Å². The van der Waals surface area contributed by atoms with Crippen molar-refractivity contribution in [3.63, 3.8) is 0 Å². The molecule has 1 atom stereocenters. The van der Waals surface area contributed by atoms with Gasteiger partial charge in [-0.15, -0.1) is 0 Å². The molecule has 0 amide bonds. The first-order valence-corrected chi connectivity index (χ1v) is 3.17. The van der Waals surface area contributed by atoms with Crippen LogP contribution in [0, 0.1) is 0 Å². The molecule has 0 spiro atoms. The lowest BCUT2D eigenvalue weighted by Gasteiger charge is -2.08. The summed E-state index contributed by atoms with van der Waals surface area (Å²) in [6, 6.07) is 0.198. The summed E-state index contributed by atoms with van der Waals surface area (Å²) in [5.74, 6) is -0.373. The van der Waals surface area contributed by atoms with Crippen LogP contribution in [-0.4, -0.2) is 25.7 Å². The molecule has 0 radical (unpaired) electrons. The molecule has 0 saturated carbocycles. The molecule has 3 heteroatoms. The molecular formula is C7H13NO2. The number of esters is 1. The Hall–Kier alpha value is -0.830. The van der Waals surface area contributed by atoms with E-state index < -0.39 is 0 Å². The standard InChI is InChI=1S/C7H13NO2/c1-4-7(9)10-5-6(2)8-3/h4,6,8H,1,5H2,2-3H3. The van der Waals surface area contributed by atoms with Crippen LogP contribution >= 0.6 is 0 Å². The maximum atomic E-state index is 10.5. The quantitative estimate of drug-likeness (QED) is 0.455. The van der Waals surface area contributed by atoms with E-state index in [1.807, 2.05) is 14.0 Å². The van der Waals surface area contributed by atoms with Crippen LogP contribution in [0.4, 0.5) is 0 Å². The van der Waals surface area contributed by atoms with Crippen molar-refractivity contribution in [3.05, 3.63) is 12.7 Å². The topological polar surface area (TPSA) is 38.3 Å². The SMILES string of the molecule is C=CC(=O)OCC(C)NC. The van der Waals surface area contributed by atoms with E-state index in [2.05, 4.69) is 11.9 Å². The first kappa shape index (κ1) is 9.17. The predicted molar refractivity (Wildman–Crippen MR) is 39.7 cm³/mol. The maximum Gasteiger partial charge on any atom is 0.330 e. The molecule has 1 unspecified atom stereocenters. The Labute approximate surface area is 61.1 Å². The van der Waals surface area contributed by atoms with Gasteiger partial charge in [0.25, 0.3) is 0 Å². The van der Waals surface area contributed by atoms with Gasteiger partial charge < -0.3 is 10.1 Å². The van der Waals surface area contributed by atoms with Crippen molar-refractivity contribution in [1.29, 1.82) is 0 Å². The van der Waals surface area contributed by atoms with Gasteiger partial charge in [0.05, 0.1) is 0 Å². The lowest BCUT2D eigenvalue weighted by Crippen LogP contribution is -2.27. The zero-order chi connectivity index (χ0) is 7.98. The second-order valence-corrected chi connectivity index (χ2v) is 2.02. The van der Waals surface area contributed by atoms with Crippen molar-refractivity contribution in [3.8, 4) is 0 Å². The van der Waals surface area contributed by atoms with Crippen LogP contribution in [0.15, 0.2) is 12.7 Å². The third-order valence-electron chi connectivity index (χ3n) is 1.14. The largest absolute Gasteiger partial charge is 0.461 e. The molecule has 0 aliphatic carbocycles. The Morgan fingerprint density at radius 3 is 2.90 bits per heavy atom. The molecule has 58 valence electrons. The number of carbonyl (C=O) groups is 1. The molecule has 0 saturated heterocycles. The highest BCUT2D eigenvalue weighted by atomic mass is 16.5. The second-order valence-electron chi connectivity index (χ2n) is 2.02. The minimum absolute atomic E-state index is 0.198. The lowest BCUT2D eigenvalue weighted by atomic mass is 10.4. The van der Waals surface area contributed by atoms with Gasteiger partial charge in [-0.3, -0.25) is 0 Å². The average molecular weight is 143 g/mol. The highest BCUT2D eigenvalue weighted by Gasteiger charge is 1.99. The van der Waals surface area contributed by atoms with Gasteiger partial charge in [0.2, 0.25) is 0 Å². The van der Waals surface area contributed by atoms with Gasteiger partial charge in [-0.05, 0) is 14.0 Å². The first-order valence-electron chi connectivity index (χ1n) is 3.17. The molecule has 3 nitrogen and oxygen atoms in total. The molecule has 0 aromatic rings. The molecule has 0 aliphatic heterocycles. The Bertz CT molecular complexity index is 123. The molecule has 0 fully saturated rings. The van der Waals surface area contributed by atoms with E-state index in [0.29, 0.717) is 6.61 Å². The highest BCUT2D eigenvalue weighted by Crippen LogP contribution is 1.84. The van der Waals surface area contributed by atoms with Gasteiger partial charge in [-0.1, -0.05) is 6.58 Å². The summed E-state index contributed by atoms with van der Waals surface area (Å²) in [6.45, 7) is 5.59. The van der Waals surface area contributed by atoms with E-state index >= 15 is 0 Å². The van der Waals surface area contributed by atoms with Crippen LogP contribution in [0.1, 0.15) is 6.92 Å². The van der Waals surface area contributed by atoms with Gasteiger partial charge in [0.1, 0.15) is 6.61 Å². The minimum atomic E-state index is -0.373. The Morgan fingerprint density at radius 1 is 1.90 bits per heavy atom. The normalized spacial score (nSPS) is 12.2. The number of hydrogen-bond acceptors (Lipinski definition) is 3. The fraction of sp³-hybridized carbons (Fsp3) is 0.571. The van der Waals surface area contributed by atoms with Crippen molar-refractivity contribution in [1.82, 2.24) is 5.32 Å². The number of likely N-dealkylation sites (N-methyl/N-ethyl adjacent to an activating group) is 1. The van der Waals surface area contributed by atoms with Gasteiger partial charge in [0.15, 0.2) is 0 Å². The van der Waals surface area contributed by atoms with Crippen LogP contribution in [0.3, 0.4) is 0 Å². The van der Waals surface area contributed by atoms with E-state index in [1.165, 1.54) is 0 Å². The van der Waals surface area contributed by atoms with E-state index in [1.54, 1.807) is 0 Å². The molecule has 0 rings (SSSR count). The lowest BCUT2D eigenvalue weighted by molar-refractivity contribution is -0.138. The van der Waals surface area contributed by atoms with Crippen molar-refractivity contribution < 1.29 is 9.53 Å². The molecule has 0 aliphatic rings. The van der Waals surface area contributed by atoms with Crippen molar-refractivity contribution in [2.45, 2.75) is 13.0 Å². The molecule has 0 bridgehead atoms. The smallest absolute Gasteiger partial charge is 0.330 e. The van der Waals surface area contributed by atoms with E-state index in [9.17, 15) is 4.79 Å². The molecular weight excluding hydrogens is 130 g/mol. The summed E-state index contributed by atoms with van der Waals surface area (Å²) in [5.41, 5.74) is 0. The van der Waals surface area contributed by atoms with Crippen LogP contribution in [0.25, 0.3) is 0 Å². The fourth-order valence-corrected chi connectivity index (χ4v) is 0.349. The second kappa shape index (κ2) is 4.99. The third kappa shape index (κ3) is 4.09. The summed E-state index contributed by atoms with van der Waals surface area (Å²) in [5, 5.41) is 2.93. The van der Waals surface area contributed by atoms with Gasteiger partial charge >= 0.3 is 5.97 Å². The van der Waals surface area contributed by atoms with Crippen molar-refractivity contribution in [2.75, 3.05) is 13.7 Å². The van der Waals surface area contributed by atoms with E-state index in [-0.39, 0.29) is 12.0 Å². The van der Waals surface area contributed by atoms with Gasteiger partial charge in [0, 0.05) is 12.1 Å². The molecule has 1 N–H and O–H groups in total. The zero-order valence-electron chi connectivity index (χ0n) is 6.39. The molecule has 0 aromatic heterocycles. The predicted octanol–water partition coefficient (Wildman–Crippen LogP) is 0.323. The minimum Gasteiger partial charge on any atom is -0.461 e. The number of rotatable bonds is 4. The van der Waals surface area contributed by atoms with Gasteiger partial charge in [-0.25, -0.2) is 4.79 Å². The summed E-state index contributed by atoms with van der Waals surface area (Å²) >= 11 is 0. The third-order valence-corrected chi connectivity index (χ3v) is 1.14. The Kier molecular flexibility index (Phi) is 4.58. The number of hydrogen-bond donors (Lipinski definition) is 1. The van der Waals surface area contributed by atoms with Crippen molar-refractivity contribution >= 4 is 5.97 Å². The number of nitrogens with one attached hydrogen (secondary N) is 1. The fourth-order valence-electron chi connectivity index (χ4n) is 0.349. The van der Waals surface area contributed by atoms with Crippen LogP contribution in [0.2, 0.25) is 0 Å². The summed E-state index contributed by atoms with van der Waals surface area (Å²) in [6.07, 6.45) is 1.16. The monoisotopic (exact) mass is 143 g/mol. The molecule has 0 aromatic carbocycles. The van der Waals surface area contributed by atoms with E-state index in [4.69, 9.17) is 4.74 Å².